The Labute approximate surface area is 93.1 Å². The first-order chi connectivity index (χ1) is 7.13. The molecule has 0 amide bonds. The van der Waals surface area contributed by atoms with Gasteiger partial charge in [-0.3, -0.25) is 0 Å². The Morgan fingerprint density at radius 3 is 2.93 bits per heavy atom. The van der Waals surface area contributed by atoms with Gasteiger partial charge in [0.2, 0.25) is 0 Å². The van der Waals surface area contributed by atoms with E-state index in [1.165, 1.54) is 0 Å². The zero-order valence-electron chi connectivity index (χ0n) is 8.44. The number of benzene rings is 1. The van der Waals surface area contributed by atoms with E-state index >= 15 is 0 Å². The lowest BCUT2D eigenvalue weighted by Crippen LogP contribution is -2.10. The monoisotopic (exact) mass is 224 g/mol. The molecule has 1 aromatic heterocycles. The first kappa shape index (κ1) is 10.5. The molecule has 0 bridgehead atoms. The molecule has 2 aromatic rings. The molecule has 1 atom stereocenters. The van der Waals surface area contributed by atoms with Crippen molar-refractivity contribution in [3.05, 3.63) is 35.0 Å². The molecular weight excluding hydrogens is 212 g/mol. The molecule has 0 radical (unpaired) electrons. The smallest absolute Gasteiger partial charge is 0.0932 e. The molecule has 1 heterocycles. The SMILES string of the molecule is Cn1cc([C@@H](O)CN)c2ccc(Cl)cc21. The molecule has 0 aliphatic rings. The molecule has 80 valence electrons. The Kier molecular flexibility index (Phi) is 2.69. The second-order valence-electron chi connectivity index (χ2n) is 3.61. The zero-order valence-corrected chi connectivity index (χ0v) is 9.20. The van der Waals surface area contributed by atoms with Crippen molar-refractivity contribution in [3.63, 3.8) is 0 Å². The second kappa shape index (κ2) is 3.85. The van der Waals surface area contributed by atoms with Crippen LogP contribution in [0.1, 0.15) is 11.7 Å². The Balaban J connectivity index is 2.68. The highest BCUT2D eigenvalue weighted by molar-refractivity contribution is 6.31. The van der Waals surface area contributed by atoms with Gasteiger partial charge in [-0.05, 0) is 12.1 Å². The number of aromatic nitrogens is 1. The number of halogens is 1. The zero-order chi connectivity index (χ0) is 11.0. The van der Waals surface area contributed by atoms with Gasteiger partial charge in [0.25, 0.3) is 0 Å². The van der Waals surface area contributed by atoms with Gasteiger partial charge < -0.3 is 15.4 Å². The van der Waals surface area contributed by atoms with Crippen LogP contribution in [0, 0.1) is 0 Å². The number of rotatable bonds is 2. The molecule has 3 N–H and O–H groups in total. The van der Waals surface area contributed by atoms with Gasteiger partial charge in [0, 0.05) is 41.3 Å². The van der Waals surface area contributed by atoms with E-state index in [2.05, 4.69) is 0 Å². The predicted molar refractivity (Wildman–Crippen MR) is 61.9 cm³/mol. The summed E-state index contributed by atoms with van der Waals surface area (Å²) in [5.74, 6) is 0. The maximum absolute atomic E-state index is 9.74. The Bertz CT molecular complexity index is 493. The van der Waals surface area contributed by atoms with Crippen LogP contribution in [0.15, 0.2) is 24.4 Å². The molecule has 1 aromatic carbocycles. The van der Waals surface area contributed by atoms with Crippen LogP contribution in [-0.2, 0) is 7.05 Å². The van der Waals surface area contributed by atoms with E-state index in [9.17, 15) is 5.11 Å². The van der Waals surface area contributed by atoms with E-state index in [0.29, 0.717) is 5.02 Å². The maximum Gasteiger partial charge on any atom is 0.0932 e. The summed E-state index contributed by atoms with van der Waals surface area (Å²) in [7, 11) is 1.92. The molecule has 0 aliphatic carbocycles. The quantitative estimate of drug-likeness (QED) is 0.818. The lowest BCUT2D eigenvalue weighted by atomic mass is 10.1. The van der Waals surface area contributed by atoms with Crippen molar-refractivity contribution < 1.29 is 5.11 Å². The summed E-state index contributed by atoms with van der Waals surface area (Å²) >= 11 is 5.91. The summed E-state index contributed by atoms with van der Waals surface area (Å²) in [6.45, 7) is 0.224. The lowest BCUT2D eigenvalue weighted by Gasteiger charge is -2.05. The number of nitrogens with two attached hydrogens (primary N) is 1. The molecule has 2 rings (SSSR count). The maximum atomic E-state index is 9.74. The molecule has 0 saturated heterocycles. The summed E-state index contributed by atoms with van der Waals surface area (Å²) in [5.41, 5.74) is 7.31. The minimum Gasteiger partial charge on any atom is -0.387 e. The predicted octanol–water partition coefficient (Wildman–Crippen LogP) is 1.82. The van der Waals surface area contributed by atoms with E-state index in [0.717, 1.165) is 16.5 Å². The van der Waals surface area contributed by atoms with Gasteiger partial charge in [-0.2, -0.15) is 0 Å². The van der Waals surface area contributed by atoms with Crippen molar-refractivity contribution in [2.24, 2.45) is 12.8 Å². The third-order valence-electron chi connectivity index (χ3n) is 2.57. The van der Waals surface area contributed by atoms with Crippen LogP contribution < -0.4 is 5.73 Å². The molecule has 0 aliphatic heterocycles. The van der Waals surface area contributed by atoms with E-state index < -0.39 is 6.10 Å². The lowest BCUT2D eigenvalue weighted by molar-refractivity contribution is 0.188. The Morgan fingerprint density at radius 2 is 2.27 bits per heavy atom. The van der Waals surface area contributed by atoms with Crippen molar-refractivity contribution >= 4 is 22.5 Å². The van der Waals surface area contributed by atoms with Crippen LogP contribution in [0.4, 0.5) is 0 Å². The number of hydrogen-bond acceptors (Lipinski definition) is 2. The number of aryl methyl sites for hydroxylation is 1. The van der Waals surface area contributed by atoms with Gasteiger partial charge in [-0.25, -0.2) is 0 Å². The number of hydrogen-bond donors (Lipinski definition) is 2. The summed E-state index contributed by atoms with van der Waals surface area (Å²) in [5, 5.41) is 11.4. The average Bonchev–Trinajstić information content (AvgIpc) is 2.55. The third kappa shape index (κ3) is 1.74. The molecule has 0 fully saturated rings. The standard InChI is InChI=1S/C11H13ClN2O/c1-14-6-9(11(15)5-13)8-3-2-7(12)4-10(8)14/h2-4,6,11,15H,5,13H2,1H3/t11-/m0/s1. The number of aliphatic hydroxyl groups excluding tert-OH is 1. The first-order valence-corrected chi connectivity index (χ1v) is 5.14. The van der Waals surface area contributed by atoms with Crippen LogP contribution in [0.2, 0.25) is 5.02 Å². The summed E-state index contributed by atoms with van der Waals surface area (Å²) in [6.07, 6.45) is 1.27. The fourth-order valence-electron chi connectivity index (χ4n) is 1.78. The number of aliphatic hydroxyl groups is 1. The van der Waals surface area contributed by atoms with E-state index in [1.807, 2.05) is 36.0 Å². The molecule has 0 unspecified atom stereocenters. The Morgan fingerprint density at radius 1 is 1.53 bits per heavy atom. The van der Waals surface area contributed by atoms with Gasteiger partial charge in [-0.15, -0.1) is 0 Å². The molecule has 15 heavy (non-hydrogen) atoms. The van der Waals surface area contributed by atoms with Gasteiger partial charge in [0.1, 0.15) is 0 Å². The van der Waals surface area contributed by atoms with Crippen LogP contribution >= 0.6 is 11.6 Å². The van der Waals surface area contributed by atoms with Gasteiger partial charge in [-0.1, -0.05) is 17.7 Å². The molecule has 3 nitrogen and oxygen atoms in total. The van der Waals surface area contributed by atoms with Gasteiger partial charge in [0.15, 0.2) is 0 Å². The largest absolute Gasteiger partial charge is 0.387 e. The van der Waals surface area contributed by atoms with Crippen molar-refractivity contribution in [2.45, 2.75) is 6.10 Å². The van der Waals surface area contributed by atoms with Crippen LogP contribution in [-0.4, -0.2) is 16.2 Å². The summed E-state index contributed by atoms with van der Waals surface area (Å²) in [6, 6.07) is 5.60. The average molecular weight is 225 g/mol. The van der Waals surface area contributed by atoms with Crippen LogP contribution in [0.3, 0.4) is 0 Å². The molecule has 4 heteroatoms. The van der Waals surface area contributed by atoms with Crippen molar-refractivity contribution in [2.75, 3.05) is 6.54 Å². The molecular formula is C11H13ClN2O. The Hall–Kier alpha value is -1.03. The minimum atomic E-state index is -0.616. The first-order valence-electron chi connectivity index (χ1n) is 4.76. The topological polar surface area (TPSA) is 51.2 Å². The highest BCUT2D eigenvalue weighted by Crippen LogP contribution is 2.27. The molecule has 0 saturated carbocycles. The van der Waals surface area contributed by atoms with Gasteiger partial charge >= 0.3 is 0 Å². The molecule has 0 spiro atoms. The second-order valence-corrected chi connectivity index (χ2v) is 4.04. The third-order valence-corrected chi connectivity index (χ3v) is 2.80. The number of nitrogens with zero attached hydrogens (tertiary/aromatic N) is 1. The fourth-order valence-corrected chi connectivity index (χ4v) is 1.95. The van der Waals surface area contributed by atoms with E-state index in [1.54, 1.807) is 0 Å². The van der Waals surface area contributed by atoms with Crippen molar-refractivity contribution in [3.8, 4) is 0 Å². The van der Waals surface area contributed by atoms with Crippen molar-refractivity contribution in [1.82, 2.24) is 4.57 Å². The van der Waals surface area contributed by atoms with Gasteiger partial charge in [0.05, 0.1) is 6.10 Å². The van der Waals surface area contributed by atoms with E-state index in [4.69, 9.17) is 17.3 Å². The highest BCUT2D eigenvalue weighted by Gasteiger charge is 2.13. The van der Waals surface area contributed by atoms with Crippen molar-refractivity contribution in [1.29, 1.82) is 0 Å². The fraction of sp³-hybridized carbons (Fsp3) is 0.273. The summed E-state index contributed by atoms with van der Waals surface area (Å²) in [4.78, 5) is 0. The minimum absolute atomic E-state index is 0.224. The number of fused-ring (bicyclic) bond motifs is 1. The summed E-state index contributed by atoms with van der Waals surface area (Å²) < 4.78 is 1.94. The normalized spacial score (nSPS) is 13.3. The van der Waals surface area contributed by atoms with Crippen LogP contribution in [0.25, 0.3) is 10.9 Å². The highest BCUT2D eigenvalue weighted by atomic mass is 35.5. The van der Waals surface area contributed by atoms with E-state index in [-0.39, 0.29) is 6.54 Å². The van der Waals surface area contributed by atoms with Crippen LogP contribution in [0.5, 0.6) is 0 Å².